The van der Waals surface area contributed by atoms with Crippen molar-refractivity contribution in [3.8, 4) is 5.75 Å². The van der Waals surface area contributed by atoms with Crippen LogP contribution in [0, 0.1) is 0 Å². The molecular weight excluding hydrogens is 396 g/mol. The van der Waals surface area contributed by atoms with E-state index in [9.17, 15) is 4.79 Å². The summed E-state index contributed by atoms with van der Waals surface area (Å²) in [6.07, 6.45) is 1.86. The van der Waals surface area contributed by atoms with E-state index in [4.69, 9.17) is 4.74 Å². The number of hydrogen-bond acceptors (Lipinski definition) is 3. The van der Waals surface area contributed by atoms with Gasteiger partial charge in [-0.05, 0) is 47.5 Å². The third-order valence-electron chi connectivity index (χ3n) is 5.50. The topological polar surface area (TPSA) is 41.9 Å². The monoisotopic (exact) mass is 418 g/mol. The van der Waals surface area contributed by atoms with Crippen LogP contribution in [0.5, 0.6) is 5.75 Å². The van der Waals surface area contributed by atoms with Gasteiger partial charge in [0.1, 0.15) is 12.4 Å². The average molecular weight is 418 g/mol. The Labute approximate surface area is 187 Å². The summed E-state index contributed by atoms with van der Waals surface area (Å²) in [5, 5.41) is 8.21. The number of fused-ring (bicyclic) bond motifs is 1. The first-order valence-electron chi connectivity index (χ1n) is 10.6. The SMILES string of the molecule is CC1=NN(c2ccc3ccccc3c2)C(=O)C1=Cc1ccccc1OCc1ccccc1. The van der Waals surface area contributed by atoms with Crippen molar-refractivity contribution < 1.29 is 9.53 Å². The van der Waals surface area contributed by atoms with Crippen molar-refractivity contribution in [3.63, 3.8) is 0 Å². The molecule has 32 heavy (non-hydrogen) atoms. The highest BCUT2D eigenvalue weighted by molar-refractivity contribution is 6.32. The predicted molar refractivity (Wildman–Crippen MR) is 130 cm³/mol. The molecule has 0 fully saturated rings. The van der Waals surface area contributed by atoms with Gasteiger partial charge in [-0.25, -0.2) is 0 Å². The van der Waals surface area contributed by atoms with Gasteiger partial charge in [0.2, 0.25) is 0 Å². The number of ether oxygens (including phenoxy) is 1. The van der Waals surface area contributed by atoms with Gasteiger partial charge >= 0.3 is 0 Å². The van der Waals surface area contributed by atoms with Gasteiger partial charge in [-0.15, -0.1) is 0 Å². The predicted octanol–water partition coefficient (Wildman–Crippen LogP) is 6.22. The number of rotatable bonds is 5. The smallest absolute Gasteiger partial charge is 0.280 e. The summed E-state index contributed by atoms with van der Waals surface area (Å²) in [6, 6.07) is 31.8. The summed E-state index contributed by atoms with van der Waals surface area (Å²) in [5.41, 5.74) is 3.94. The maximum absolute atomic E-state index is 13.2. The van der Waals surface area contributed by atoms with E-state index in [-0.39, 0.29) is 5.91 Å². The van der Waals surface area contributed by atoms with Crippen molar-refractivity contribution in [2.24, 2.45) is 5.10 Å². The van der Waals surface area contributed by atoms with Crippen LogP contribution in [0.25, 0.3) is 16.8 Å². The Morgan fingerprint density at radius 3 is 2.41 bits per heavy atom. The Bertz CT molecular complexity index is 1360. The largest absolute Gasteiger partial charge is 0.488 e. The zero-order chi connectivity index (χ0) is 21.9. The fraction of sp³-hybridized carbons (Fsp3) is 0.0714. The second-order valence-corrected chi connectivity index (χ2v) is 7.70. The van der Waals surface area contributed by atoms with E-state index < -0.39 is 0 Å². The van der Waals surface area contributed by atoms with Gasteiger partial charge in [0.25, 0.3) is 5.91 Å². The molecule has 0 N–H and O–H groups in total. The van der Waals surface area contributed by atoms with Crippen LogP contribution in [0.15, 0.2) is 108 Å². The second kappa shape index (κ2) is 8.52. The summed E-state index contributed by atoms with van der Waals surface area (Å²) in [5.74, 6) is 0.587. The van der Waals surface area contributed by atoms with Gasteiger partial charge < -0.3 is 4.74 Å². The van der Waals surface area contributed by atoms with Crippen LogP contribution in [0.3, 0.4) is 0 Å². The van der Waals surface area contributed by atoms with Crippen molar-refractivity contribution in [1.29, 1.82) is 0 Å². The number of anilines is 1. The van der Waals surface area contributed by atoms with Crippen LogP contribution in [-0.4, -0.2) is 11.6 Å². The third kappa shape index (κ3) is 3.91. The molecule has 4 nitrogen and oxygen atoms in total. The number of carbonyl (C=O) groups is 1. The van der Waals surface area contributed by atoms with E-state index in [0.717, 1.165) is 33.3 Å². The molecule has 0 unspecified atom stereocenters. The van der Waals surface area contributed by atoms with Crippen molar-refractivity contribution >= 4 is 34.2 Å². The first-order chi connectivity index (χ1) is 15.7. The molecule has 4 heteroatoms. The maximum atomic E-state index is 13.2. The summed E-state index contributed by atoms with van der Waals surface area (Å²) in [7, 11) is 0. The van der Waals surface area contributed by atoms with Crippen molar-refractivity contribution in [2.75, 3.05) is 5.01 Å². The molecular formula is C28H22N2O2. The summed E-state index contributed by atoms with van der Waals surface area (Å²) in [6.45, 7) is 2.32. The van der Waals surface area contributed by atoms with E-state index >= 15 is 0 Å². The number of benzene rings is 4. The zero-order valence-electron chi connectivity index (χ0n) is 17.7. The van der Waals surface area contributed by atoms with Crippen molar-refractivity contribution in [3.05, 3.63) is 114 Å². The zero-order valence-corrected chi connectivity index (χ0v) is 17.7. The molecule has 156 valence electrons. The molecule has 0 radical (unpaired) electrons. The molecule has 5 rings (SSSR count). The lowest BCUT2D eigenvalue weighted by Gasteiger charge is -2.13. The van der Waals surface area contributed by atoms with Gasteiger partial charge in [-0.3, -0.25) is 4.79 Å². The van der Waals surface area contributed by atoms with Crippen LogP contribution < -0.4 is 9.75 Å². The Morgan fingerprint density at radius 1 is 0.844 bits per heavy atom. The molecule has 0 atom stereocenters. The summed E-state index contributed by atoms with van der Waals surface area (Å²) in [4.78, 5) is 13.2. The Morgan fingerprint density at radius 2 is 1.56 bits per heavy atom. The van der Waals surface area contributed by atoms with E-state index in [1.54, 1.807) is 0 Å². The molecule has 1 aliphatic rings. The van der Waals surface area contributed by atoms with E-state index in [1.165, 1.54) is 5.01 Å². The molecule has 0 bridgehead atoms. The molecule has 1 heterocycles. The van der Waals surface area contributed by atoms with Gasteiger partial charge in [-0.1, -0.05) is 78.9 Å². The highest BCUT2D eigenvalue weighted by atomic mass is 16.5. The maximum Gasteiger partial charge on any atom is 0.280 e. The highest BCUT2D eigenvalue weighted by Crippen LogP contribution is 2.30. The van der Waals surface area contributed by atoms with Gasteiger partial charge in [0.15, 0.2) is 0 Å². The quantitative estimate of drug-likeness (QED) is 0.361. The van der Waals surface area contributed by atoms with E-state index in [2.05, 4.69) is 11.2 Å². The lowest BCUT2D eigenvalue weighted by atomic mass is 10.1. The molecule has 0 aromatic heterocycles. The van der Waals surface area contributed by atoms with Crippen LogP contribution in [0.2, 0.25) is 0 Å². The van der Waals surface area contributed by atoms with Crippen LogP contribution in [-0.2, 0) is 11.4 Å². The van der Waals surface area contributed by atoms with Crippen LogP contribution in [0.4, 0.5) is 5.69 Å². The molecule has 0 spiro atoms. The fourth-order valence-corrected chi connectivity index (χ4v) is 3.79. The normalized spacial score (nSPS) is 14.8. The Balaban J connectivity index is 1.42. The van der Waals surface area contributed by atoms with E-state index in [0.29, 0.717) is 17.9 Å². The lowest BCUT2D eigenvalue weighted by Crippen LogP contribution is -2.21. The first kappa shape index (κ1) is 19.8. The molecule has 1 aliphatic heterocycles. The highest BCUT2D eigenvalue weighted by Gasteiger charge is 2.29. The minimum absolute atomic E-state index is 0.143. The minimum Gasteiger partial charge on any atom is -0.488 e. The number of nitrogens with zero attached hydrogens (tertiary/aromatic N) is 2. The number of hydrazone groups is 1. The molecule has 0 saturated carbocycles. The number of para-hydroxylation sites is 1. The lowest BCUT2D eigenvalue weighted by molar-refractivity contribution is -0.114. The molecule has 4 aromatic rings. The average Bonchev–Trinajstić information content (AvgIpc) is 3.12. The summed E-state index contributed by atoms with van der Waals surface area (Å²) >= 11 is 0. The molecule has 4 aromatic carbocycles. The first-order valence-corrected chi connectivity index (χ1v) is 10.6. The third-order valence-corrected chi connectivity index (χ3v) is 5.50. The van der Waals surface area contributed by atoms with Crippen LogP contribution in [0.1, 0.15) is 18.1 Å². The number of carbonyl (C=O) groups excluding carboxylic acids is 1. The van der Waals surface area contributed by atoms with Gasteiger partial charge in [0, 0.05) is 5.56 Å². The molecule has 0 aliphatic carbocycles. The number of hydrogen-bond donors (Lipinski definition) is 0. The minimum atomic E-state index is -0.143. The van der Waals surface area contributed by atoms with Gasteiger partial charge in [-0.2, -0.15) is 10.1 Å². The Hall–Kier alpha value is -4.18. The standard InChI is InChI=1S/C28H22N2O2/c1-20-26(18-24-13-7-8-14-27(24)32-19-21-9-3-2-4-10-21)28(31)30(29-20)25-16-15-22-11-5-6-12-23(22)17-25/h2-18H,19H2,1H3. The summed E-state index contributed by atoms with van der Waals surface area (Å²) < 4.78 is 6.05. The second-order valence-electron chi connectivity index (χ2n) is 7.70. The molecule has 0 saturated heterocycles. The Kier molecular flexibility index (Phi) is 5.26. The van der Waals surface area contributed by atoms with Gasteiger partial charge in [0.05, 0.1) is 17.0 Å². The fourth-order valence-electron chi connectivity index (χ4n) is 3.79. The van der Waals surface area contributed by atoms with Crippen molar-refractivity contribution in [2.45, 2.75) is 13.5 Å². The van der Waals surface area contributed by atoms with Crippen molar-refractivity contribution in [1.82, 2.24) is 0 Å². The molecule has 1 amide bonds. The number of amides is 1. The van der Waals surface area contributed by atoms with E-state index in [1.807, 2.05) is 104 Å². The van der Waals surface area contributed by atoms with Crippen LogP contribution >= 0.6 is 0 Å².